The van der Waals surface area contributed by atoms with Gasteiger partial charge in [-0.25, -0.2) is 9.18 Å². The molecule has 0 amide bonds. The lowest BCUT2D eigenvalue weighted by Gasteiger charge is -2.09. The number of carboxylic acid groups (broad SMARTS) is 1. The first kappa shape index (κ1) is 14.3. The number of hydrogen-bond donors (Lipinski definition) is 1. The predicted molar refractivity (Wildman–Crippen MR) is 74.3 cm³/mol. The molecule has 20 heavy (non-hydrogen) atoms. The van der Waals surface area contributed by atoms with Crippen molar-refractivity contribution in [1.82, 2.24) is 0 Å². The first-order valence-electron chi connectivity index (χ1n) is 6.00. The smallest absolute Gasteiger partial charge is 0.335 e. The van der Waals surface area contributed by atoms with Crippen LogP contribution in [0.4, 0.5) is 4.39 Å². The summed E-state index contributed by atoms with van der Waals surface area (Å²) in [6.07, 6.45) is 0.733. The van der Waals surface area contributed by atoms with Crippen LogP contribution in [0.5, 0.6) is 11.5 Å². The molecule has 0 fully saturated rings. The van der Waals surface area contributed by atoms with Crippen LogP contribution in [0.1, 0.15) is 22.8 Å². The van der Waals surface area contributed by atoms with Crippen LogP contribution in [0.3, 0.4) is 0 Å². The highest BCUT2D eigenvalue weighted by Gasteiger charge is 2.10. The largest absolute Gasteiger partial charge is 0.478 e. The third kappa shape index (κ3) is 3.08. The molecule has 2 rings (SSSR count). The Morgan fingerprint density at radius 2 is 2.05 bits per heavy atom. The van der Waals surface area contributed by atoms with Crippen molar-refractivity contribution >= 4 is 17.6 Å². The molecule has 0 aliphatic carbocycles. The van der Waals surface area contributed by atoms with Gasteiger partial charge in [0, 0.05) is 5.02 Å². The lowest BCUT2D eigenvalue weighted by molar-refractivity contribution is 0.0696. The highest BCUT2D eigenvalue weighted by molar-refractivity contribution is 6.31. The molecule has 5 heteroatoms. The topological polar surface area (TPSA) is 46.5 Å². The molecular weight excluding hydrogens is 283 g/mol. The number of rotatable bonds is 4. The van der Waals surface area contributed by atoms with Crippen LogP contribution < -0.4 is 4.74 Å². The monoisotopic (exact) mass is 294 g/mol. The summed E-state index contributed by atoms with van der Waals surface area (Å²) in [6, 6.07) is 8.54. The number of carboxylic acids is 1. The molecule has 3 nitrogen and oxygen atoms in total. The zero-order chi connectivity index (χ0) is 14.7. The Labute approximate surface area is 120 Å². The van der Waals surface area contributed by atoms with Gasteiger partial charge in [0.15, 0.2) is 11.6 Å². The van der Waals surface area contributed by atoms with E-state index >= 15 is 0 Å². The minimum absolute atomic E-state index is 0.0284. The maximum Gasteiger partial charge on any atom is 0.335 e. The van der Waals surface area contributed by atoms with Crippen molar-refractivity contribution in [2.45, 2.75) is 13.3 Å². The van der Waals surface area contributed by atoms with Gasteiger partial charge in [-0.15, -0.1) is 0 Å². The summed E-state index contributed by atoms with van der Waals surface area (Å²) in [5.41, 5.74) is 0.770. The molecule has 0 atom stereocenters. The van der Waals surface area contributed by atoms with E-state index in [2.05, 4.69) is 0 Å². The maximum absolute atomic E-state index is 13.7. The van der Waals surface area contributed by atoms with Crippen molar-refractivity contribution in [3.8, 4) is 11.5 Å². The van der Waals surface area contributed by atoms with E-state index in [-0.39, 0.29) is 11.3 Å². The molecule has 0 aromatic heterocycles. The minimum Gasteiger partial charge on any atom is -0.478 e. The third-order valence-electron chi connectivity index (χ3n) is 2.80. The number of hydrogen-bond acceptors (Lipinski definition) is 2. The average molecular weight is 295 g/mol. The van der Waals surface area contributed by atoms with Gasteiger partial charge < -0.3 is 9.84 Å². The van der Waals surface area contributed by atoms with Gasteiger partial charge >= 0.3 is 5.97 Å². The molecule has 0 heterocycles. The van der Waals surface area contributed by atoms with Gasteiger partial charge in [0.25, 0.3) is 0 Å². The Balaban J connectivity index is 2.28. The molecule has 104 valence electrons. The van der Waals surface area contributed by atoms with Crippen LogP contribution in [0, 0.1) is 5.82 Å². The average Bonchev–Trinajstić information content (AvgIpc) is 2.42. The summed E-state index contributed by atoms with van der Waals surface area (Å²) in [4.78, 5) is 10.7. The standard InChI is InChI=1S/C15H12ClFO3/c1-2-9-7-11(4-5-12(9)16)20-14-6-3-10(15(18)19)8-13(14)17/h3-8H,2H2,1H3,(H,18,19). The second-order valence-corrected chi connectivity index (χ2v) is 4.57. The molecule has 2 aromatic rings. The Bertz CT molecular complexity index is 656. The van der Waals surface area contributed by atoms with Crippen molar-refractivity contribution in [2.75, 3.05) is 0 Å². The van der Waals surface area contributed by atoms with Crippen molar-refractivity contribution in [3.63, 3.8) is 0 Å². The fourth-order valence-electron chi connectivity index (χ4n) is 1.73. The van der Waals surface area contributed by atoms with E-state index in [1.165, 1.54) is 12.1 Å². The molecule has 0 saturated heterocycles. The zero-order valence-electron chi connectivity index (χ0n) is 10.7. The summed E-state index contributed by atoms with van der Waals surface area (Å²) in [5.74, 6) is -1.49. The number of aromatic carboxylic acids is 1. The summed E-state index contributed by atoms with van der Waals surface area (Å²) in [5, 5.41) is 9.39. The van der Waals surface area contributed by atoms with Gasteiger partial charge in [-0.2, -0.15) is 0 Å². The van der Waals surface area contributed by atoms with Gasteiger partial charge in [0.2, 0.25) is 0 Å². The van der Waals surface area contributed by atoms with E-state index < -0.39 is 11.8 Å². The number of halogens is 2. The van der Waals surface area contributed by atoms with Crippen LogP contribution in [0.2, 0.25) is 5.02 Å². The molecule has 0 saturated carbocycles. The molecule has 0 unspecified atom stereocenters. The van der Waals surface area contributed by atoms with Crippen LogP contribution >= 0.6 is 11.6 Å². The maximum atomic E-state index is 13.7. The first-order valence-corrected chi connectivity index (χ1v) is 6.38. The number of ether oxygens (including phenoxy) is 1. The van der Waals surface area contributed by atoms with Crippen LogP contribution in [-0.2, 0) is 6.42 Å². The Morgan fingerprint density at radius 3 is 2.65 bits per heavy atom. The van der Waals surface area contributed by atoms with Gasteiger partial charge in [-0.05, 0) is 48.4 Å². The van der Waals surface area contributed by atoms with E-state index in [1.807, 2.05) is 6.92 Å². The van der Waals surface area contributed by atoms with Crippen LogP contribution in [-0.4, -0.2) is 11.1 Å². The summed E-state index contributed by atoms with van der Waals surface area (Å²) in [7, 11) is 0. The lowest BCUT2D eigenvalue weighted by Crippen LogP contribution is -1.98. The highest BCUT2D eigenvalue weighted by Crippen LogP contribution is 2.28. The van der Waals surface area contributed by atoms with Crippen molar-refractivity contribution in [2.24, 2.45) is 0 Å². The van der Waals surface area contributed by atoms with E-state index in [9.17, 15) is 9.18 Å². The number of carbonyl (C=O) groups is 1. The van der Waals surface area contributed by atoms with Crippen LogP contribution in [0.25, 0.3) is 0 Å². The highest BCUT2D eigenvalue weighted by atomic mass is 35.5. The van der Waals surface area contributed by atoms with Crippen molar-refractivity contribution in [3.05, 3.63) is 58.4 Å². The summed E-state index contributed by atoms with van der Waals surface area (Å²) in [6.45, 7) is 1.95. The molecule has 0 spiro atoms. The van der Waals surface area contributed by atoms with Gasteiger partial charge in [-0.3, -0.25) is 0 Å². The normalized spacial score (nSPS) is 10.3. The molecular formula is C15H12ClFO3. The van der Waals surface area contributed by atoms with Gasteiger partial charge in [0.05, 0.1) is 5.56 Å². The van der Waals surface area contributed by atoms with E-state index in [0.29, 0.717) is 10.8 Å². The van der Waals surface area contributed by atoms with E-state index in [1.54, 1.807) is 18.2 Å². The Morgan fingerprint density at radius 1 is 1.30 bits per heavy atom. The lowest BCUT2D eigenvalue weighted by atomic mass is 10.1. The molecule has 0 bridgehead atoms. The summed E-state index contributed by atoms with van der Waals surface area (Å²) >= 11 is 5.99. The van der Waals surface area contributed by atoms with E-state index in [0.717, 1.165) is 18.1 Å². The number of aryl methyl sites for hydroxylation is 1. The van der Waals surface area contributed by atoms with Gasteiger partial charge in [0.1, 0.15) is 5.75 Å². The Kier molecular flexibility index (Phi) is 4.25. The fourth-order valence-corrected chi connectivity index (χ4v) is 1.98. The van der Waals surface area contributed by atoms with Crippen molar-refractivity contribution in [1.29, 1.82) is 0 Å². The van der Waals surface area contributed by atoms with Crippen molar-refractivity contribution < 1.29 is 19.0 Å². The fraction of sp³-hybridized carbons (Fsp3) is 0.133. The SMILES string of the molecule is CCc1cc(Oc2ccc(C(=O)O)cc2F)ccc1Cl. The molecule has 2 aromatic carbocycles. The second-order valence-electron chi connectivity index (χ2n) is 4.16. The predicted octanol–water partition coefficient (Wildman–Crippen LogP) is 4.53. The molecule has 0 aliphatic rings. The minimum atomic E-state index is -1.18. The Hall–Kier alpha value is -2.07. The van der Waals surface area contributed by atoms with Crippen LogP contribution in [0.15, 0.2) is 36.4 Å². The van der Waals surface area contributed by atoms with Gasteiger partial charge in [-0.1, -0.05) is 18.5 Å². The molecule has 1 N–H and O–H groups in total. The first-order chi connectivity index (χ1) is 9.51. The summed E-state index contributed by atoms with van der Waals surface area (Å²) < 4.78 is 19.2. The quantitative estimate of drug-likeness (QED) is 0.901. The second kappa shape index (κ2) is 5.92. The molecule has 0 radical (unpaired) electrons. The van der Waals surface area contributed by atoms with E-state index in [4.69, 9.17) is 21.4 Å². The zero-order valence-corrected chi connectivity index (χ0v) is 11.4. The number of benzene rings is 2. The third-order valence-corrected chi connectivity index (χ3v) is 3.17. The molecule has 0 aliphatic heterocycles.